The predicted octanol–water partition coefficient (Wildman–Crippen LogP) is 3.00. The summed E-state index contributed by atoms with van der Waals surface area (Å²) in [4.78, 5) is 12.2. The fourth-order valence-electron chi connectivity index (χ4n) is 4.38. The van der Waals surface area contributed by atoms with Crippen molar-refractivity contribution in [1.29, 1.82) is 0 Å². The largest absolute Gasteiger partial charge is 0.354 e. The minimum atomic E-state index is 0.211. The summed E-state index contributed by atoms with van der Waals surface area (Å²) in [6.07, 6.45) is 6.14. The number of hydrogen-bond donors (Lipinski definition) is 1. The first-order valence-corrected chi connectivity index (χ1v) is 8.32. The van der Waals surface area contributed by atoms with Crippen LogP contribution in [0.3, 0.4) is 0 Å². The monoisotopic (exact) mass is 289 g/mol. The lowest BCUT2D eigenvalue weighted by atomic mass is 9.86. The topological polar surface area (TPSA) is 46.9 Å². The van der Waals surface area contributed by atoms with Gasteiger partial charge in [0.1, 0.15) is 0 Å². The van der Waals surface area contributed by atoms with Gasteiger partial charge < -0.3 is 5.32 Å². The van der Waals surface area contributed by atoms with Crippen LogP contribution in [0.4, 0.5) is 0 Å². The predicted molar refractivity (Wildman–Crippen MR) is 83.0 cm³/mol. The van der Waals surface area contributed by atoms with Crippen molar-refractivity contribution in [3.63, 3.8) is 0 Å². The van der Waals surface area contributed by atoms with Crippen molar-refractivity contribution >= 4 is 5.91 Å². The number of carbonyl (C=O) groups is 1. The summed E-state index contributed by atoms with van der Waals surface area (Å²) in [5.74, 6) is 2.62. The maximum atomic E-state index is 12.2. The fourth-order valence-corrected chi connectivity index (χ4v) is 4.38. The highest BCUT2D eigenvalue weighted by Crippen LogP contribution is 2.49. The zero-order chi connectivity index (χ0) is 15.0. The van der Waals surface area contributed by atoms with E-state index in [9.17, 15) is 4.79 Å². The van der Waals surface area contributed by atoms with Crippen LogP contribution in [0.25, 0.3) is 0 Å². The van der Waals surface area contributed by atoms with E-state index in [2.05, 4.69) is 30.3 Å². The molecule has 1 aromatic rings. The molecule has 4 nitrogen and oxygen atoms in total. The molecule has 1 heterocycles. The Balaban J connectivity index is 1.46. The molecular weight excluding hydrogens is 262 g/mol. The van der Waals surface area contributed by atoms with Crippen molar-refractivity contribution in [3.05, 3.63) is 17.5 Å². The van der Waals surface area contributed by atoms with Gasteiger partial charge in [0.05, 0.1) is 11.7 Å². The molecule has 2 aliphatic carbocycles. The van der Waals surface area contributed by atoms with E-state index in [1.165, 1.54) is 25.7 Å². The molecule has 21 heavy (non-hydrogen) atoms. The lowest BCUT2D eigenvalue weighted by Crippen LogP contribution is -2.32. The van der Waals surface area contributed by atoms with Crippen LogP contribution in [0.1, 0.15) is 56.5 Å². The Morgan fingerprint density at radius 2 is 2.24 bits per heavy atom. The smallest absolute Gasteiger partial charge is 0.220 e. The van der Waals surface area contributed by atoms with Gasteiger partial charge in [-0.15, -0.1) is 0 Å². The third kappa shape index (κ3) is 3.14. The van der Waals surface area contributed by atoms with Gasteiger partial charge in [-0.1, -0.05) is 6.42 Å². The number of rotatable bonds is 5. The van der Waals surface area contributed by atoms with Gasteiger partial charge in [0.25, 0.3) is 0 Å². The van der Waals surface area contributed by atoms with Gasteiger partial charge in [-0.3, -0.25) is 9.48 Å². The van der Waals surface area contributed by atoms with Gasteiger partial charge >= 0.3 is 0 Å². The van der Waals surface area contributed by atoms with E-state index in [1.807, 2.05) is 11.6 Å². The summed E-state index contributed by atoms with van der Waals surface area (Å²) in [5.41, 5.74) is 2.19. The van der Waals surface area contributed by atoms with Crippen LogP contribution in [0.15, 0.2) is 6.07 Å². The van der Waals surface area contributed by atoms with Crippen molar-refractivity contribution in [2.75, 3.05) is 6.54 Å². The van der Waals surface area contributed by atoms with Crippen LogP contribution >= 0.6 is 0 Å². The standard InChI is InChI=1S/C17H27N3O/c1-11-6-12(2)20(19-11)13(3)10-18-17(21)9-16-8-14-4-5-15(16)7-14/h6,13-16H,4-5,7-10H2,1-3H3,(H,18,21)/t13-,14+,15+,16-/m1/s1. The molecule has 0 radical (unpaired) electrons. The van der Waals surface area contributed by atoms with E-state index in [0.29, 0.717) is 12.5 Å². The fraction of sp³-hybridized carbons (Fsp3) is 0.765. The zero-order valence-corrected chi connectivity index (χ0v) is 13.4. The molecule has 0 aromatic carbocycles. The van der Waals surface area contributed by atoms with Crippen molar-refractivity contribution in [3.8, 4) is 0 Å². The summed E-state index contributed by atoms with van der Waals surface area (Å²) in [6, 6.07) is 2.29. The molecular formula is C17H27N3O. The number of nitrogens with zero attached hydrogens (tertiary/aromatic N) is 2. The van der Waals surface area contributed by atoms with E-state index in [4.69, 9.17) is 0 Å². The number of aryl methyl sites for hydroxylation is 2. The van der Waals surface area contributed by atoms with Crippen LogP contribution in [0, 0.1) is 31.6 Å². The molecule has 0 spiro atoms. The second kappa shape index (κ2) is 5.82. The molecule has 2 bridgehead atoms. The molecule has 3 rings (SSSR count). The lowest BCUT2D eigenvalue weighted by Gasteiger charge is -2.21. The average molecular weight is 289 g/mol. The van der Waals surface area contributed by atoms with Crippen LogP contribution in [0.2, 0.25) is 0 Å². The second-order valence-electron chi connectivity index (χ2n) is 7.16. The molecule has 116 valence electrons. The Hall–Kier alpha value is -1.32. The van der Waals surface area contributed by atoms with Crippen LogP contribution in [-0.2, 0) is 4.79 Å². The Morgan fingerprint density at radius 3 is 2.81 bits per heavy atom. The molecule has 4 atom stereocenters. The zero-order valence-electron chi connectivity index (χ0n) is 13.4. The van der Waals surface area contributed by atoms with Gasteiger partial charge in [-0.2, -0.15) is 5.10 Å². The number of amides is 1. The van der Waals surface area contributed by atoms with Crippen LogP contribution in [0.5, 0.6) is 0 Å². The Morgan fingerprint density at radius 1 is 1.43 bits per heavy atom. The minimum absolute atomic E-state index is 0.211. The van der Waals surface area contributed by atoms with Gasteiger partial charge in [0.15, 0.2) is 0 Å². The summed E-state index contributed by atoms with van der Waals surface area (Å²) >= 11 is 0. The normalized spacial score (nSPS) is 28.8. The van der Waals surface area contributed by atoms with Gasteiger partial charge in [-0.05, 0) is 63.9 Å². The van der Waals surface area contributed by atoms with Crippen LogP contribution < -0.4 is 5.32 Å². The molecule has 0 aliphatic heterocycles. The molecule has 2 aliphatic rings. The molecule has 4 heteroatoms. The SMILES string of the molecule is Cc1cc(C)n([C@H](C)CNC(=O)C[C@H]2C[C@H]3CC[C@H]2C3)n1. The number of carbonyl (C=O) groups excluding carboxylic acids is 1. The first-order chi connectivity index (χ1) is 10.0. The minimum Gasteiger partial charge on any atom is -0.354 e. The van der Waals surface area contributed by atoms with Crippen molar-refractivity contribution in [2.45, 2.75) is 58.9 Å². The van der Waals surface area contributed by atoms with Crippen molar-refractivity contribution in [1.82, 2.24) is 15.1 Å². The number of aromatic nitrogens is 2. The number of fused-ring (bicyclic) bond motifs is 2. The molecule has 2 fully saturated rings. The summed E-state index contributed by atoms with van der Waals surface area (Å²) in [7, 11) is 0. The number of hydrogen-bond acceptors (Lipinski definition) is 2. The second-order valence-corrected chi connectivity index (χ2v) is 7.16. The van der Waals surface area contributed by atoms with Gasteiger partial charge in [0, 0.05) is 18.7 Å². The lowest BCUT2D eigenvalue weighted by molar-refractivity contribution is -0.122. The van der Waals surface area contributed by atoms with E-state index in [-0.39, 0.29) is 11.9 Å². The Labute approximate surface area is 127 Å². The highest BCUT2D eigenvalue weighted by Gasteiger charge is 2.40. The van der Waals surface area contributed by atoms with Crippen LogP contribution in [-0.4, -0.2) is 22.2 Å². The first-order valence-electron chi connectivity index (χ1n) is 8.32. The highest BCUT2D eigenvalue weighted by atomic mass is 16.1. The van der Waals surface area contributed by atoms with E-state index >= 15 is 0 Å². The van der Waals surface area contributed by atoms with Gasteiger partial charge in [0.2, 0.25) is 5.91 Å². The quantitative estimate of drug-likeness (QED) is 0.905. The molecule has 2 saturated carbocycles. The molecule has 1 amide bonds. The maximum absolute atomic E-state index is 12.2. The Kier molecular flexibility index (Phi) is 4.05. The molecule has 1 N–H and O–H groups in total. The molecule has 0 unspecified atom stereocenters. The third-order valence-electron chi connectivity index (χ3n) is 5.39. The van der Waals surface area contributed by atoms with E-state index in [0.717, 1.165) is 29.6 Å². The molecule has 0 saturated heterocycles. The average Bonchev–Trinajstić information content (AvgIpc) is 3.11. The molecule has 1 aromatic heterocycles. The highest BCUT2D eigenvalue weighted by molar-refractivity contribution is 5.76. The number of nitrogens with one attached hydrogen (secondary N) is 1. The Bertz CT molecular complexity index is 522. The van der Waals surface area contributed by atoms with E-state index < -0.39 is 0 Å². The summed E-state index contributed by atoms with van der Waals surface area (Å²) in [5, 5.41) is 7.59. The van der Waals surface area contributed by atoms with Crippen molar-refractivity contribution < 1.29 is 4.79 Å². The summed E-state index contributed by atoms with van der Waals surface area (Å²) in [6.45, 7) is 6.84. The third-order valence-corrected chi connectivity index (χ3v) is 5.39. The first kappa shape index (κ1) is 14.6. The van der Waals surface area contributed by atoms with E-state index in [1.54, 1.807) is 0 Å². The van der Waals surface area contributed by atoms with Gasteiger partial charge in [-0.25, -0.2) is 0 Å². The summed E-state index contributed by atoms with van der Waals surface area (Å²) < 4.78 is 2.01. The van der Waals surface area contributed by atoms with Crippen molar-refractivity contribution in [2.24, 2.45) is 17.8 Å². The maximum Gasteiger partial charge on any atom is 0.220 e.